The van der Waals surface area contributed by atoms with Gasteiger partial charge in [-0.2, -0.15) is 0 Å². The van der Waals surface area contributed by atoms with E-state index >= 15 is 0 Å². The predicted molar refractivity (Wildman–Crippen MR) is 74.7 cm³/mol. The Labute approximate surface area is 111 Å². The molecule has 0 aromatic rings. The molecule has 2 rings (SSSR count). The summed E-state index contributed by atoms with van der Waals surface area (Å²) in [5, 5.41) is 0. The first kappa shape index (κ1) is 14.3. The lowest BCUT2D eigenvalue weighted by molar-refractivity contribution is -0.00356. The zero-order valence-electron chi connectivity index (χ0n) is 12.0. The normalized spacial score (nSPS) is 29.0. The van der Waals surface area contributed by atoms with Crippen molar-refractivity contribution in [3.63, 3.8) is 0 Å². The summed E-state index contributed by atoms with van der Waals surface area (Å²) in [5.74, 6) is 0. The Morgan fingerprint density at radius 2 is 2.06 bits per heavy atom. The first-order valence-corrected chi connectivity index (χ1v) is 7.32. The van der Waals surface area contributed by atoms with Gasteiger partial charge in [0.05, 0.1) is 0 Å². The van der Waals surface area contributed by atoms with Gasteiger partial charge in [-0.1, -0.05) is 0 Å². The van der Waals surface area contributed by atoms with Crippen LogP contribution in [0.1, 0.15) is 25.7 Å². The van der Waals surface area contributed by atoms with E-state index in [0.717, 1.165) is 38.6 Å². The molecule has 106 valence electrons. The number of likely N-dealkylation sites (N-methyl/N-ethyl adjacent to an activating group) is 1. The van der Waals surface area contributed by atoms with E-state index in [4.69, 9.17) is 10.5 Å². The maximum atomic E-state index is 6.07. The van der Waals surface area contributed by atoms with E-state index in [-0.39, 0.29) is 0 Å². The van der Waals surface area contributed by atoms with Gasteiger partial charge >= 0.3 is 0 Å². The minimum atomic E-state index is 0.313. The van der Waals surface area contributed by atoms with Gasteiger partial charge in [0.25, 0.3) is 0 Å². The van der Waals surface area contributed by atoms with Gasteiger partial charge in [0.1, 0.15) is 0 Å². The molecule has 0 saturated carbocycles. The predicted octanol–water partition coefficient (Wildman–Crippen LogP) is 0.768. The van der Waals surface area contributed by atoms with Crippen LogP contribution in [0.15, 0.2) is 0 Å². The fourth-order valence-electron chi connectivity index (χ4n) is 3.39. The first-order valence-electron chi connectivity index (χ1n) is 7.32. The summed E-state index contributed by atoms with van der Waals surface area (Å²) >= 11 is 0. The Kier molecular flexibility index (Phi) is 5.01. The SMILES string of the molecule is CN(C)CC1CCCN1CC1(CN)CCOCC1. The Bertz CT molecular complexity index is 251. The lowest BCUT2D eigenvalue weighted by atomic mass is 9.79. The lowest BCUT2D eigenvalue weighted by Gasteiger charge is -2.41. The zero-order valence-corrected chi connectivity index (χ0v) is 12.0. The average molecular weight is 255 g/mol. The highest BCUT2D eigenvalue weighted by Crippen LogP contribution is 2.33. The van der Waals surface area contributed by atoms with E-state index in [1.165, 1.54) is 32.5 Å². The van der Waals surface area contributed by atoms with Crippen LogP contribution in [0.25, 0.3) is 0 Å². The van der Waals surface area contributed by atoms with Crippen molar-refractivity contribution in [2.24, 2.45) is 11.1 Å². The van der Waals surface area contributed by atoms with E-state index < -0.39 is 0 Å². The fourth-order valence-corrected chi connectivity index (χ4v) is 3.39. The van der Waals surface area contributed by atoms with Crippen molar-refractivity contribution in [1.29, 1.82) is 0 Å². The fraction of sp³-hybridized carbons (Fsp3) is 1.00. The van der Waals surface area contributed by atoms with Gasteiger partial charge in [0, 0.05) is 32.3 Å². The molecule has 1 unspecified atom stereocenters. The number of likely N-dealkylation sites (tertiary alicyclic amines) is 1. The molecule has 0 radical (unpaired) electrons. The van der Waals surface area contributed by atoms with Crippen molar-refractivity contribution in [2.75, 3.05) is 53.5 Å². The van der Waals surface area contributed by atoms with Crippen molar-refractivity contribution in [1.82, 2.24) is 9.80 Å². The summed E-state index contributed by atoms with van der Waals surface area (Å²) in [6, 6.07) is 0.728. The Morgan fingerprint density at radius 1 is 1.33 bits per heavy atom. The van der Waals surface area contributed by atoms with Crippen molar-refractivity contribution in [3.8, 4) is 0 Å². The molecule has 2 heterocycles. The molecular formula is C14H29N3O. The zero-order chi connectivity index (χ0) is 13.0. The van der Waals surface area contributed by atoms with E-state index in [0.29, 0.717) is 5.41 Å². The highest BCUT2D eigenvalue weighted by Gasteiger charge is 2.36. The molecule has 0 amide bonds. The van der Waals surface area contributed by atoms with Crippen LogP contribution in [0.3, 0.4) is 0 Å². The monoisotopic (exact) mass is 255 g/mol. The van der Waals surface area contributed by atoms with Gasteiger partial charge in [-0.3, -0.25) is 4.90 Å². The molecule has 2 aliphatic rings. The van der Waals surface area contributed by atoms with Gasteiger partial charge in [-0.25, -0.2) is 0 Å². The number of hydrogen-bond acceptors (Lipinski definition) is 4. The molecule has 2 aliphatic heterocycles. The van der Waals surface area contributed by atoms with E-state index in [1.54, 1.807) is 0 Å². The van der Waals surface area contributed by atoms with Crippen LogP contribution in [0.4, 0.5) is 0 Å². The van der Waals surface area contributed by atoms with Crippen molar-refractivity contribution >= 4 is 0 Å². The van der Waals surface area contributed by atoms with Gasteiger partial charge in [0.15, 0.2) is 0 Å². The summed E-state index contributed by atoms with van der Waals surface area (Å²) < 4.78 is 5.50. The third-order valence-corrected chi connectivity index (χ3v) is 4.60. The largest absolute Gasteiger partial charge is 0.381 e. The van der Waals surface area contributed by atoms with Gasteiger partial charge in [-0.05, 0) is 58.3 Å². The maximum Gasteiger partial charge on any atom is 0.0472 e. The molecule has 18 heavy (non-hydrogen) atoms. The van der Waals surface area contributed by atoms with Crippen LogP contribution in [-0.2, 0) is 4.74 Å². The number of rotatable bonds is 5. The highest BCUT2D eigenvalue weighted by atomic mass is 16.5. The molecule has 2 N–H and O–H groups in total. The summed E-state index contributed by atoms with van der Waals surface area (Å²) in [7, 11) is 4.34. The number of hydrogen-bond donors (Lipinski definition) is 1. The van der Waals surface area contributed by atoms with Crippen LogP contribution in [0.2, 0.25) is 0 Å². The molecular weight excluding hydrogens is 226 g/mol. The molecule has 2 saturated heterocycles. The van der Waals surface area contributed by atoms with E-state index in [9.17, 15) is 0 Å². The standard InChI is InChI=1S/C14H29N3O/c1-16(2)10-13-4-3-7-17(13)12-14(11-15)5-8-18-9-6-14/h13H,3-12,15H2,1-2H3. The average Bonchev–Trinajstić information content (AvgIpc) is 2.77. The first-order chi connectivity index (χ1) is 8.65. The number of nitrogens with two attached hydrogens (primary N) is 1. The summed E-state index contributed by atoms with van der Waals surface area (Å²) in [5.41, 5.74) is 6.38. The molecule has 0 aromatic carbocycles. The third kappa shape index (κ3) is 3.44. The van der Waals surface area contributed by atoms with Crippen LogP contribution >= 0.6 is 0 Å². The summed E-state index contributed by atoms with van der Waals surface area (Å²) in [6.45, 7) is 6.19. The molecule has 0 aromatic heterocycles. The van der Waals surface area contributed by atoms with Crippen molar-refractivity contribution in [3.05, 3.63) is 0 Å². The summed E-state index contributed by atoms with van der Waals surface area (Å²) in [6.07, 6.45) is 4.95. The highest BCUT2D eigenvalue weighted by molar-refractivity contribution is 4.90. The van der Waals surface area contributed by atoms with Gasteiger partial charge < -0.3 is 15.4 Å². The molecule has 0 aliphatic carbocycles. The maximum absolute atomic E-state index is 6.07. The lowest BCUT2D eigenvalue weighted by Crippen LogP contribution is -2.49. The Hall–Kier alpha value is -0.160. The van der Waals surface area contributed by atoms with E-state index in [1.807, 2.05) is 0 Å². The van der Waals surface area contributed by atoms with Crippen LogP contribution in [-0.4, -0.2) is 69.3 Å². The molecule has 0 spiro atoms. The number of ether oxygens (including phenoxy) is 1. The second-order valence-corrected chi connectivity index (χ2v) is 6.35. The quantitative estimate of drug-likeness (QED) is 0.788. The third-order valence-electron chi connectivity index (χ3n) is 4.60. The van der Waals surface area contributed by atoms with Crippen LogP contribution in [0.5, 0.6) is 0 Å². The molecule has 4 nitrogen and oxygen atoms in total. The Morgan fingerprint density at radius 3 is 2.67 bits per heavy atom. The summed E-state index contributed by atoms with van der Waals surface area (Å²) in [4.78, 5) is 4.99. The van der Waals surface area contributed by atoms with Crippen molar-refractivity contribution < 1.29 is 4.74 Å². The second-order valence-electron chi connectivity index (χ2n) is 6.35. The minimum Gasteiger partial charge on any atom is -0.381 e. The molecule has 4 heteroatoms. The van der Waals surface area contributed by atoms with Gasteiger partial charge in [0.2, 0.25) is 0 Å². The molecule has 2 fully saturated rings. The molecule has 0 bridgehead atoms. The Balaban J connectivity index is 1.93. The van der Waals surface area contributed by atoms with Crippen molar-refractivity contribution in [2.45, 2.75) is 31.7 Å². The molecule has 1 atom stereocenters. The number of nitrogens with zero attached hydrogens (tertiary/aromatic N) is 2. The minimum absolute atomic E-state index is 0.313. The smallest absolute Gasteiger partial charge is 0.0472 e. The van der Waals surface area contributed by atoms with Crippen LogP contribution in [0, 0.1) is 5.41 Å². The van der Waals surface area contributed by atoms with Crippen LogP contribution < -0.4 is 5.73 Å². The van der Waals surface area contributed by atoms with Gasteiger partial charge in [-0.15, -0.1) is 0 Å². The second kappa shape index (κ2) is 6.33. The van der Waals surface area contributed by atoms with E-state index in [2.05, 4.69) is 23.9 Å². The topological polar surface area (TPSA) is 41.7 Å².